The largest absolute Gasteiger partial charge is 0.500 e. The van der Waals surface area contributed by atoms with Gasteiger partial charge in [-0.25, -0.2) is 0 Å². The van der Waals surface area contributed by atoms with Crippen LogP contribution in [0.4, 0.5) is 0 Å². The third kappa shape index (κ3) is 5.95. The molecule has 1 aliphatic rings. The Labute approximate surface area is 147 Å². The average Bonchev–Trinajstić information content (AvgIpc) is 2.90. The van der Waals surface area contributed by atoms with E-state index in [1.807, 2.05) is 20.8 Å². The van der Waals surface area contributed by atoms with E-state index in [2.05, 4.69) is 6.92 Å². The van der Waals surface area contributed by atoms with E-state index in [9.17, 15) is 9.59 Å². The highest BCUT2D eigenvalue weighted by Gasteiger charge is 2.41. The Hall–Kier alpha value is -0.763. The quantitative estimate of drug-likeness (QED) is 0.531. The Morgan fingerprint density at radius 3 is 2.08 bits per heavy atom. The zero-order chi connectivity index (χ0) is 18.2. The van der Waals surface area contributed by atoms with E-state index in [0.29, 0.717) is 51.2 Å². The van der Waals surface area contributed by atoms with Crippen LogP contribution in [0.25, 0.3) is 0 Å². The molecule has 6 nitrogen and oxygen atoms in total. The Morgan fingerprint density at radius 2 is 1.62 bits per heavy atom. The van der Waals surface area contributed by atoms with Gasteiger partial charge >= 0.3 is 8.80 Å². The molecule has 1 unspecified atom stereocenters. The van der Waals surface area contributed by atoms with E-state index in [-0.39, 0.29) is 17.7 Å². The van der Waals surface area contributed by atoms with Crippen molar-refractivity contribution in [1.82, 2.24) is 4.90 Å². The Kier molecular flexibility index (Phi) is 9.11. The number of carbonyl (C=O) groups excluding carboxylic acids is 2. The summed E-state index contributed by atoms with van der Waals surface area (Å²) in [6.07, 6.45) is 1.87. The van der Waals surface area contributed by atoms with E-state index in [1.54, 1.807) is 4.90 Å². The second kappa shape index (κ2) is 10.3. The molecule has 1 rings (SSSR count). The second-order valence-electron chi connectivity index (χ2n) is 6.33. The number of rotatable bonds is 11. The van der Waals surface area contributed by atoms with Gasteiger partial charge in [-0.15, -0.1) is 0 Å². The number of hydrogen-bond donors (Lipinski definition) is 0. The molecule has 1 saturated heterocycles. The van der Waals surface area contributed by atoms with Gasteiger partial charge in [-0.1, -0.05) is 6.92 Å². The van der Waals surface area contributed by atoms with Crippen LogP contribution in [0.1, 0.15) is 53.9 Å². The Bertz CT molecular complexity index is 401. The molecule has 7 heteroatoms. The summed E-state index contributed by atoms with van der Waals surface area (Å²) in [6, 6.07) is 0.371. The first kappa shape index (κ1) is 21.3. The molecule has 140 valence electrons. The number of ketones is 1. The standard InChI is InChI=1S/C17H33NO5Si/c1-6-21-24(22-7-2,23-8-3)11-9-10-17(20)16-12-14(4)13-18(16)15(5)19/h14,16H,6-13H2,1-5H3/t14?,16-/m0/s1. The molecule has 1 heterocycles. The summed E-state index contributed by atoms with van der Waals surface area (Å²) in [6.45, 7) is 11.7. The van der Waals surface area contributed by atoms with Gasteiger partial charge in [-0.05, 0) is 39.5 Å². The maximum Gasteiger partial charge on any atom is 0.500 e. The number of Topliss-reactive ketones (excluding diaryl/α,β-unsaturated/α-hetero) is 1. The third-order valence-corrected chi connectivity index (χ3v) is 7.44. The van der Waals surface area contributed by atoms with Gasteiger partial charge in [0.05, 0.1) is 6.04 Å². The summed E-state index contributed by atoms with van der Waals surface area (Å²) < 4.78 is 17.4. The first-order chi connectivity index (χ1) is 11.4. The zero-order valence-electron chi connectivity index (χ0n) is 15.8. The lowest BCUT2D eigenvalue weighted by Crippen LogP contribution is -2.46. The monoisotopic (exact) mass is 359 g/mol. The van der Waals surface area contributed by atoms with Gasteiger partial charge < -0.3 is 18.2 Å². The van der Waals surface area contributed by atoms with Gasteiger partial charge in [0.2, 0.25) is 5.91 Å². The van der Waals surface area contributed by atoms with Crippen LogP contribution in [0, 0.1) is 5.92 Å². The molecular weight excluding hydrogens is 326 g/mol. The summed E-state index contributed by atoms with van der Waals surface area (Å²) >= 11 is 0. The van der Waals surface area contributed by atoms with E-state index in [4.69, 9.17) is 13.3 Å². The predicted octanol–water partition coefficient (Wildman–Crippen LogP) is 2.64. The van der Waals surface area contributed by atoms with E-state index in [1.165, 1.54) is 6.92 Å². The second-order valence-corrected chi connectivity index (χ2v) is 9.06. The number of hydrogen-bond acceptors (Lipinski definition) is 5. The molecule has 2 atom stereocenters. The molecule has 1 fully saturated rings. The maximum atomic E-state index is 12.6. The number of amides is 1. The predicted molar refractivity (Wildman–Crippen MR) is 94.6 cm³/mol. The number of likely N-dealkylation sites (tertiary alicyclic amines) is 1. The van der Waals surface area contributed by atoms with Gasteiger partial charge in [-0.2, -0.15) is 0 Å². The normalized spacial score (nSPS) is 21.3. The summed E-state index contributed by atoms with van der Waals surface area (Å²) in [5, 5.41) is 0. The molecule has 0 aliphatic carbocycles. The molecule has 0 N–H and O–H groups in total. The van der Waals surface area contributed by atoms with Gasteiger partial charge in [0.1, 0.15) is 0 Å². The van der Waals surface area contributed by atoms with Crippen molar-refractivity contribution < 1.29 is 22.9 Å². The molecule has 0 aromatic rings. The lowest BCUT2D eigenvalue weighted by Gasteiger charge is -2.28. The summed E-state index contributed by atoms with van der Waals surface area (Å²) in [4.78, 5) is 26.0. The molecule has 24 heavy (non-hydrogen) atoms. The molecular formula is C17H33NO5Si. The van der Waals surface area contributed by atoms with E-state index < -0.39 is 8.80 Å². The third-order valence-electron chi connectivity index (χ3n) is 4.29. The topological polar surface area (TPSA) is 65.1 Å². The van der Waals surface area contributed by atoms with Crippen molar-refractivity contribution >= 4 is 20.5 Å². The van der Waals surface area contributed by atoms with Crippen LogP contribution >= 0.6 is 0 Å². The number of carbonyl (C=O) groups is 2. The summed E-state index contributed by atoms with van der Waals surface area (Å²) in [7, 11) is -2.69. The lowest BCUT2D eigenvalue weighted by atomic mass is 10.0. The fourth-order valence-corrected chi connectivity index (χ4v) is 5.96. The maximum absolute atomic E-state index is 12.6. The molecule has 0 radical (unpaired) electrons. The minimum atomic E-state index is -2.69. The van der Waals surface area contributed by atoms with Crippen molar-refractivity contribution in [2.75, 3.05) is 26.4 Å². The number of nitrogens with zero attached hydrogens (tertiary/aromatic N) is 1. The Morgan fingerprint density at radius 1 is 1.08 bits per heavy atom. The van der Waals surface area contributed by atoms with Gasteiger partial charge in [0, 0.05) is 45.8 Å². The highest BCUT2D eigenvalue weighted by Crippen LogP contribution is 2.26. The van der Waals surface area contributed by atoms with Crippen molar-refractivity contribution in [3.05, 3.63) is 0 Å². The molecule has 0 spiro atoms. The minimum Gasteiger partial charge on any atom is -0.374 e. The van der Waals surface area contributed by atoms with Crippen LogP contribution in [0.2, 0.25) is 6.04 Å². The Balaban J connectivity index is 2.59. The van der Waals surface area contributed by atoms with Crippen molar-refractivity contribution in [3.8, 4) is 0 Å². The van der Waals surface area contributed by atoms with Gasteiger partial charge in [-0.3, -0.25) is 9.59 Å². The highest BCUT2D eigenvalue weighted by atomic mass is 28.4. The average molecular weight is 360 g/mol. The van der Waals surface area contributed by atoms with Gasteiger partial charge in [0.15, 0.2) is 5.78 Å². The van der Waals surface area contributed by atoms with Gasteiger partial charge in [0.25, 0.3) is 0 Å². The molecule has 1 aliphatic heterocycles. The van der Waals surface area contributed by atoms with E-state index >= 15 is 0 Å². The van der Waals surface area contributed by atoms with Crippen LogP contribution in [0.5, 0.6) is 0 Å². The summed E-state index contributed by atoms with van der Waals surface area (Å²) in [5.41, 5.74) is 0. The van der Waals surface area contributed by atoms with Crippen molar-refractivity contribution in [1.29, 1.82) is 0 Å². The lowest BCUT2D eigenvalue weighted by molar-refractivity contribution is -0.136. The molecule has 0 aromatic carbocycles. The molecule has 0 saturated carbocycles. The first-order valence-electron chi connectivity index (χ1n) is 9.10. The zero-order valence-corrected chi connectivity index (χ0v) is 16.8. The SMILES string of the molecule is CCO[Si](CCCC(=O)[C@@H]1CC(C)CN1C(C)=O)(OCC)OCC. The first-order valence-corrected chi connectivity index (χ1v) is 11.0. The van der Waals surface area contributed by atoms with Crippen molar-refractivity contribution in [2.45, 2.75) is 66.0 Å². The smallest absolute Gasteiger partial charge is 0.374 e. The van der Waals surface area contributed by atoms with Crippen LogP contribution < -0.4 is 0 Å². The van der Waals surface area contributed by atoms with Crippen molar-refractivity contribution in [2.24, 2.45) is 5.92 Å². The molecule has 0 bridgehead atoms. The fraction of sp³-hybridized carbons (Fsp3) is 0.882. The van der Waals surface area contributed by atoms with Crippen LogP contribution in [-0.4, -0.2) is 57.8 Å². The molecule has 0 aromatic heterocycles. The van der Waals surface area contributed by atoms with Crippen LogP contribution in [-0.2, 0) is 22.9 Å². The molecule has 1 amide bonds. The minimum absolute atomic E-state index is 0.0145. The van der Waals surface area contributed by atoms with Crippen LogP contribution in [0.15, 0.2) is 0 Å². The van der Waals surface area contributed by atoms with Crippen molar-refractivity contribution in [3.63, 3.8) is 0 Å². The summed E-state index contributed by atoms with van der Waals surface area (Å²) in [5.74, 6) is 0.507. The van der Waals surface area contributed by atoms with Crippen LogP contribution in [0.3, 0.4) is 0 Å². The van der Waals surface area contributed by atoms with E-state index in [0.717, 1.165) is 6.42 Å². The highest BCUT2D eigenvalue weighted by molar-refractivity contribution is 6.60. The fourth-order valence-electron chi connectivity index (χ4n) is 3.35.